The van der Waals surface area contributed by atoms with Crippen LogP contribution in [0.1, 0.15) is 10.4 Å². The summed E-state index contributed by atoms with van der Waals surface area (Å²) in [6.07, 6.45) is 0. The third-order valence-corrected chi connectivity index (χ3v) is 4.67. The predicted octanol–water partition coefficient (Wildman–Crippen LogP) is 2.01. The number of benzene rings is 1. The fourth-order valence-electron chi connectivity index (χ4n) is 1.15. The molecule has 0 spiro atoms. The number of nitrogens with zero attached hydrogens (tertiary/aromatic N) is 1. The molecule has 17 heavy (non-hydrogen) atoms. The Morgan fingerprint density at radius 1 is 1.35 bits per heavy atom. The van der Waals surface area contributed by atoms with Gasteiger partial charge in [0.15, 0.2) is 5.78 Å². The number of alkyl halides is 1. The first-order valence-corrected chi connectivity index (χ1v) is 6.97. The summed E-state index contributed by atoms with van der Waals surface area (Å²) >= 11 is 11.2. The van der Waals surface area contributed by atoms with E-state index in [-0.39, 0.29) is 27.1 Å². The zero-order valence-corrected chi connectivity index (χ0v) is 11.6. The lowest BCUT2D eigenvalue weighted by Gasteiger charge is -2.13. The smallest absolute Gasteiger partial charge is 0.244 e. The monoisotopic (exact) mass is 295 g/mol. The van der Waals surface area contributed by atoms with E-state index in [1.807, 2.05) is 0 Å². The molecule has 1 aromatic rings. The first-order valence-electron chi connectivity index (χ1n) is 4.62. The van der Waals surface area contributed by atoms with E-state index in [1.54, 1.807) is 0 Å². The van der Waals surface area contributed by atoms with Gasteiger partial charge in [-0.1, -0.05) is 11.6 Å². The molecule has 1 rings (SSSR count). The van der Waals surface area contributed by atoms with Gasteiger partial charge in [-0.15, -0.1) is 11.6 Å². The van der Waals surface area contributed by atoms with Gasteiger partial charge in [0.25, 0.3) is 0 Å². The number of Topliss-reactive ketones (excluding diaryl/α,β-unsaturated/α-hetero) is 1. The van der Waals surface area contributed by atoms with Crippen molar-refractivity contribution in [2.45, 2.75) is 4.90 Å². The van der Waals surface area contributed by atoms with Crippen molar-refractivity contribution in [1.82, 2.24) is 4.31 Å². The van der Waals surface area contributed by atoms with E-state index in [1.165, 1.54) is 32.3 Å². The quantitative estimate of drug-likeness (QED) is 0.631. The van der Waals surface area contributed by atoms with E-state index in [9.17, 15) is 13.2 Å². The average molecular weight is 296 g/mol. The molecule has 0 aliphatic heterocycles. The minimum Gasteiger partial charge on any atom is -0.293 e. The van der Waals surface area contributed by atoms with E-state index in [0.29, 0.717) is 0 Å². The summed E-state index contributed by atoms with van der Waals surface area (Å²) in [5.41, 5.74) is 0.227. The second-order valence-corrected chi connectivity index (χ2v) is 6.28. The molecule has 7 heteroatoms. The van der Waals surface area contributed by atoms with Crippen molar-refractivity contribution in [3.63, 3.8) is 0 Å². The lowest BCUT2D eigenvalue weighted by molar-refractivity contribution is 0.102. The molecular weight excluding hydrogens is 285 g/mol. The van der Waals surface area contributed by atoms with Crippen molar-refractivity contribution in [3.05, 3.63) is 28.8 Å². The molecule has 0 saturated heterocycles. The van der Waals surface area contributed by atoms with E-state index in [4.69, 9.17) is 23.2 Å². The highest BCUT2D eigenvalue weighted by Gasteiger charge is 2.22. The van der Waals surface area contributed by atoms with E-state index >= 15 is 0 Å². The van der Waals surface area contributed by atoms with Crippen LogP contribution in [0.4, 0.5) is 0 Å². The zero-order chi connectivity index (χ0) is 13.2. The Bertz CT molecular complexity index is 540. The molecule has 0 fully saturated rings. The standard InChI is InChI=1S/C10H11Cl2NO3S/c1-13(2)17(15,16)10-5-7(9(14)6-11)3-4-8(10)12/h3-5H,6H2,1-2H3. The SMILES string of the molecule is CN(C)S(=O)(=O)c1cc(C(=O)CCl)ccc1Cl. The summed E-state index contributed by atoms with van der Waals surface area (Å²) in [4.78, 5) is 11.3. The third-order valence-electron chi connectivity index (χ3n) is 2.13. The third kappa shape index (κ3) is 2.98. The molecule has 94 valence electrons. The summed E-state index contributed by atoms with van der Waals surface area (Å²) in [7, 11) is -0.885. The first-order chi connectivity index (χ1) is 7.80. The first kappa shape index (κ1) is 14.4. The Labute approximate surface area is 110 Å². The molecule has 0 amide bonds. The van der Waals surface area contributed by atoms with E-state index < -0.39 is 10.0 Å². The summed E-state index contributed by atoms with van der Waals surface area (Å²) in [5, 5.41) is 0.0739. The molecule has 4 nitrogen and oxygen atoms in total. The minimum absolute atomic E-state index is 0.0739. The van der Waals surface area contributed by atoms with E-state index in [0.717, 1.165) is 4.31 Å². The second-order valence-electron chi connectivity index (χ2n) is 3.49. The van der Waals surface area contributed by atoms with Crippen LogP contribution in [0.25, 0.3) is 0 Å². The van der Waals surface area contributed by atoms with Crippen molar-refractivity contribution in [3.8, 4) is 0 Å². The summed E-state index contributed by atoms with van der Waals surface area (Å²) in [6.45, 7) is 0. The van der Waals surface area contributed by atoms with Crippen LogP contribution in [0.15, 0.2) is 23.1 Å². The van der Waals surface area contributed by atoms with Gasteiger partial charge in [-0.2, -0.15) is 0 Å². The fourth-order valence-corrected chi connectivity index (χ4v) is 2.70. The minimum atomic E-state index is -3.67. The molecule has 0 saturated carbocycles. The van der Waals surface area contributed by atoms with Crippen LogP contribution in [0, 0.1) is 0 Å². The lowest BCUT2D eigenvalue weighted by atomic mass is 10.1. The van der Waals surface area contributed by atoms with E-state index in [2.05, 4.69) is 0 Å². The van der Waals surface area contributed by atoms with Gasteiger partial charge in [0.05, 0.1) is 10.9 Å². The molecule has 0 heterocycles. The van der Waals surface area contributed by atoms with Crippen LogP contribution < -0.4 is 0 Å². The van der Waals surface area contributed by atoms with Crippen LogP contribution in [0.2, 0.25) is 5.02 Å². The molecule has 0 aromatic heterocycles. The van der Waals surface area contributed by atoms with Crippen LogP contribution in [0.5, 0.6) is 0 Å². The molecule has 0 unspecified atom stereocenters. The van der Waals surface area contributed by atoms with Crippen molar-refractivity contribution < 1.29 is 13.2 Å². The molecule has 0 aliphatic carbocycles. The maximum atomic E-state index is 11.9. The lowest BCUT2D eigenvalue weighted by Crippen LogP contribution is -2.23. The maximum Gasteiger partial charge on any atom is 0.244 e. The molecule has 0 radical (unpaired) electrons. The number of rotatable bonds is 4. The van der Waals surface area contributed by atoms with Crippen molar-refractivity contribution in [2.24, 2.45) is 0 Å². The van der Waals surface area contributed by atoms with Gasteiger partial charge in [-0.3, -0.25) is 4.79 Å². The molecule has 0 aliphatic rings. The number of hydrogen-bond acceptors (Lipinski definition) is 3. The Balaban J connectivity index is 3.40. The number of ketones is 1. The number of halogens is 2. The van der Waals surface area contributed by atoms with Gasteiger partial charge in [0.2, 0.25) is 10.0 Å². The van der Waals surface area contributed by atoms with Gasteiger partial charge in [-0.05, 0) is 18.2 Å². The Morgan fingerprint density at radius 2 is 1.94 bits per heavy atom. The largest absolute Gasteiger partial charge is 0.293 e. The highest BCUT2D eigenvalue weighted by molar-refractivity contribution is 7.89. The van der Waals surface area contributed by atoms with Gasteiger partial charge in [0.1, 0.15) is 4.90 Å². The molecule has 0 bridgehead atoms. The summed E-state index contributed by atoms with van der Waals surface area (Å²) in [5.74, 6) is -0.554. The number of sulfonamides is 1. The van der Waals surface area contributed by atoms with Crippen molar-refractivity contribution >= 4 is 39.0 Å². The zero-order valence-electron chi connectivity index (χ0n) is 9.28. The molecule has 0 N–H and O–H groups in total. The van der Waals surface area contributed by atoms with Crippen LogP contribution in [-0.2, 0) is 10.0 Å². The fraction of sp³-hybridized carbons (Fsp3) is 0.300. The van der Waals surface area contributed by atoms with Crippen LogP contribution in [0.3, 0.4) is 0 Å². The van der Waals surface area contributed by atoms with Crippen molar-refractivity contribution in [1.29, 1.82) is 0 Å². The number of carbonyl (C=O) groups excluding carboxylic acids is 1. The Kier molecular flexibility index (Phi) is 4.55. The molecule has 1 aromatic carbocycles. The topological polar surface area (TPSA) is 54.5 Å². The van der Waals surface area contributed by atoms with Gasteiger partial charge >= 0.3 is 0 Å². The Hall–Kier alpha value is -0.620. The maximum absolute atomic E-state index is 11.9. The van der Waals surface area contributed by atoms with Crippen LogP contribution >= 0.6 is 23.2 Å². The Morgan fingerprint density at radius 3 is 2.41 bits per heavy atom. The second kappa shape index (κ2) is 5.35. The highest BCUT2D eigenvalue weighted by atomic mass is 35.5. The van der Waals surface area contributed by atoms with Gasteiger partial charge < -0.3 is 0 Å². The van der Waals surface area contributed by atoms with Gasteiger partial charge in [-0.25, -0.2) is 12.7 Å². The summed E-state index contributed by atoms with van der Waals surface area (Å²) < 4.78 is 24.9. The average Bonchev–Trinajstić information content (AvgIpc) is 2.28. The van der Waals surface area contributed by atoms with Crippen molar-refractivity contribution in [2.75, 3.05) is 20.0 Å². The predicted molar refractivity (Wildman–Crippen MR) is 67.4 cm³/mol. The van der Waals surface area contributed by atoms with Crippen LogP contribution in [-0.4, -0.2) is 38.5 Å². The van der Waals surface area contributed by atoms with Gasteiger partial charge in [0, 0.05) is 19.7 Å². The summed E-state index contributed by atoms with van der Waals surface area (Å²) in [6, 6.07) is 4.06. The highest BCUT2D eigenvalue weighted by Crippen LogP contribution is 2.25. The normalized spacial score (nSPS) is 11.8. The number of carbonyl (C=O) groups is 1. The molecule has 0 atom stereocenters. The number of hydrogen-bond donors (Lipinski definition) is 0. The molecular formula is C10H11Cl2NO3S.